The fourth-order valence-electron chi connectivity index (χ4n) is 4.29. The normalized spacial score (nSPS) is 10.1. The molecule has 0 unspecified atom stereocenters. The largest absolute Gasteiger partial charge is 2.00 e. The molecule has 0 amide bonds. The third-order valence-electron chi connectivity index (χ3n) is 6.15. The number of aryl methyl sites for hydroxylation is 2. The van der Waals surface area contributed by atoms with E-state index in [0.717, 1.165) is 55.9 Å². The minimum atomic E-state index is 0. The van der Waals surface area contributed by atoms with Gasteiger partial charge in [0.2, 0.25) is 0 Å². The Morgan fingerprint density at radius 1 is 0.513 bits per heavy atom. The van der Waals surface area contributed by atoms with E-state index in [0.29, 0.717) is 0 Å². The van der Waals surface area contributed by atoms with E-state index in [4.69, 9.17) is 0 Å². The molecule has 6 aromatic rings. The first kappa shape index (κ1) is 27.8. The van der Waals surface area contributed by atoms with Crippen LogP contribution >= 0.6 is 0 Å². The zero-order valence-electron chi connectivity index (χ0n) is 21.7. The fourth-order valence-corrected chi connectivity index (χ4v) is 4.29. The first-order valence-electron chi connectivity index (χ1n) is 12.4. The van der Waals surface area contributed by atoms with E-state index in [1.54, 1.807) is 12.4 Å². The Balaban J connectivity index is 0.000000176. The summed E-state index contributed by atoms with van der Waals surface area (Å²) < 4.78 is 0. The average molecular weight is 686 g/mol. The summed E-state index contributed by atoms with van der Waals surface area (Å²) in [6.07, 6.45) is 10.9. The minimum absolute atomic E-state index is 0. The quantitative estimate of drug-likeness (QED) is 0.178. The Morgan fingerprint density at radius 2 is 0.949 bits per heavy atom. The summed E-state index contributed by atoms with van der Waals surface area (Å²) in [5.74, 6) is 0. The molecule has 0 spiro atoms. The predicted molar refractivity (Wildman–Crippen MR) is 153 cm³/mol. The number of rotatable bonds is 4. The van der Waals surface area contributed by atoms with Crippen molar-refractivity contribution >= 4 is 0 Å². The Bertz CT molecular complexity index is 1510. The van der Waals surface area contributed by atoms with Gasteiger partial charge in [-0.15, -0.1) is 59.7 Å². The zero-order valence-corrected chi connectivity index (χ0v) is 23.9. The standard InChI is InChI=1S/2C17H13N2.Pt/c2*1-13-6-4-11-19-17(13)16-9-3-2-8-15(16)14-7-5-10-18-12-14;/h2*2-8,10-12H,1H3;/q2*-1;+2. The molecule has 192 valence electrons. The Kier molecular flexibility index (Phi) is 9.61. The van der Waals surface area contributed by atoms with Crippen LogP contribution in [0.3, 0.4) is 0 Å². The van der Waals surface area contributed by atoms with Crippen molar-refractivity contribution in [2.24, 2.45) is 0 Å². The van der Waals surface area contributed by atoms with Gasteiger partial charge in [0.1, 0.15) is 0 Å². The minimum Gasteiger partial charge on any atom is -0.304 e. The second kappa shape index (κ2) is 13.5. The molecule has 0 aliphatic heterocycles. The summed E-state index contributed by atoms with van der Waals surface area (Å²) in [5.41, 5.74) is 10.7. The molecule has 0 atom stereocenters. The Labute approximate surface area is 244 Å². The van der Waals surface area contributed by atoms with Gasteiger partial charge in [0, 0.05) is 37.2 Å². The van der Waals surface area contributed by atoms with Gasteiger partial charge in [-0.25, -0.2) is 0 Å². The van der Waals surface area contributed by atoms with Gasteiger partial charge in [0.25, 0.3) is 0 Å². The first-order valence-corrected chi connectivity index (χ1v) is 12.4. The molecule has 0 aliphatic carbocycles. The van der Waals surface area contributed by atoms with Crippen LogP contribution in [0.4, 0.5) is 0 Å². The number of hydrogen-bond donors (Lipinski definition) is 0. The van der Waals surface area contributed by atoms with Crippen LogP contribution in [0.15, 0.2) is 122 Å². The maximum Gasteiger partial charge on any atom is 2.00 e. The van der Waals surface area contributed by atoms with Gasteiger partial charge >= 0.3 is 21.1 Å². The van der Waals surface area contributed by atoms with Crippen molar-refractivity contribution in [2.45, 2.75) is 13.8 Å². The van der Waals surface area contributed by atoms with Crippen molar-refractivity contribution in [3.63, 3.8) is 0 Å². The second-order valence-corrected chi connectivity index (χ2v) is 8.74. The molecule has 0 saturated heterocycles. The molecule has 4 heterocycles. The summed E-state index contributed by atoms with van der Waals surface area (Å²) in [5, 5.41) is 0. The molecule has 0 N–H and O–H groups in total. The SMILES string of the molecule is Cc1cccnc1-c1[c-]cccc1-c1cccnc1.Cc1cccnc1-c1[c-]cccc1-c1cccnc1.[Pt+2]. The van der Waals surface area contributed by atoms with Crippen LogP contribution in [0.5, 0.6) is 0 Å². The zero-order chi connectivity index (χ0) is 26.2. The molecule has 0 bridgehead atoms. The average Bonchev–Trinajstić information content (AvgIpc) is 2.99. The number of pyridine rings is 4. The first-order chi connectivity index (χ1) is 18.7. The number of hydrogen-bond acceptors (Lipinski definition) is 4. The van der Waals surface area contributed by atoms with Crippen molar-refractivity contribution in [2.75, 3.05) is 0 Å². The maximum atomic E-state index is 4.48. The fraction of sp³-hybridized carbons (Fsp3) is 0.0588. The summed E-state index contributed by atoms with van der Waals surface area (Å²) in [6, 6.07) is 34.6. The van der Waals surface area contributed by atoms with Gasteiger partial charge in [0.05, 0.1) is 0 Å². The van der Waals surface area contributed by atoms with Crippen LogP contribution in [0, 0.1) is 26.0 Å². The summed E-state index contributed by atoms with van der Waals surface area (Å²) in [4.78, 5) is 17.3. The van der Waals surface area contributed by atoms with Crippen molar-refractivity contribution in [1.29, 1.82) is 0 Å². The van der Waals surface area contributed by atoms with Crippen LogP contribution in [-0.2, 0) is 21.1 Å². The summed E-state index contributed by atoms with van der Waals surface area (Å²) in [6.45, 7) is 4.13. The van der Waals surface area contributed by atoms with Crippen LogP contribution < -0.4 is 0 Å². The molecule has 6 rings (SSSR count). The molecule has 4 nitrogen and oxygen atoms in total. The molecular formula is C34H26N4Pt. The van der Waals surface area contributed by atoms with Crippen LogP contribution in [0.25, 0.3) is 44.8 Å². The van der Waals surface area contributed by atoms with E-state index in [9.17, 15) is 0 Å². The molecule has 0 aliphatic rings. The molecular weight excluding hydrogens is 659 g/mol. The number of nitrogens with zero attached hydrogens (tertiary/aromatic N) is 4. The Hall–Kier alpha value is -4.27. The van der Waals surface area contributed by atoms with Gasteiger partial charge in [-0.1, -0.05) is 46.5 Å². The topological polar surface area (TPSA) is 51.6 Å². The van der Waals surface area contributed by atoms with Crippen LogP contribution in [0.2, 0.25) is 0 Å². The molecule has 0 radical (unpaired) electrons. The third kappa shape index (κ3) is 6.60. The van der Waals surface area contributed by atoms with E-state index < -0.39 is 0 Å². The van der Waals surface area contributed by atoms with Crippen LogP contribution in [-0.4, -0.2) is 19.9 Å². The van der Waals surface area contributed by atoms with Crippen LogP contribution in [0.1, 0.15) is 11.1 Å². The van der Waals surface area contributed by atoms with E-state index in [1.165, 1.54) is 0 Å². The summed E-state index contributed by atoms with van der Waals surface area (Å²) >= 11 is 0. The van der Waals surface area contributed by atoms with E-state index in [-0.39, 0.29) is 21.1 Å². The number of aromatic nitrogens is 4. The van der Waals surface area contributed by atoms with E-state index in [1.807, 2.05) is 73.3 Å². The van der Waals surface area contributed by atoms with Crippen molar-refractivity contribution < 1.29 is 21.1 Å². The number of benzene rings is 2. The molecule has 5 heteroatoms. The van der Waals surface area contributed by atoms with Crippen molar-refractivity contribution in [1.82, 2.24) is 19.9 Å². The van der Waals surface area contributed by atoms with E-state index in [2.05, 4.69) is 82.3 Å². The second-order valence-electron chi connectivity index (χ2n) is 8.74. The molecule has 2 aromatic carbocycles. The smallest absolute Gasteiger partial charge is 0.304 e. The summed E-state index contributed by atoms with van der Waals surface area (Å²) in [7, 11) is 0. The Morgan fingerprint density at radius 3 is 1.33 bits per heavy atom. The van der Waals surface area contributed by atoms with Gasteiger partial charge in [-0.3, -0.25) is 9.97 Å². The van der Waals surface area contributed by atoms with E-state index >= 15 is 0 Å². The monoisotopic (exact) mass is 685 g/mol. The predicted octanol–water partition coefficient (Wildman–Crippen LogP) is 7.84. The van der Waals surface area contributed by atoms with Gasteiger partial charge in [-0.2, -0.15) is 0 Å². The van der Waals surface area contributed by atoms with Gasteiger partial charge in [0.15, 0.2) is 0 Å². The van der Waals surface area contributed by atoms with Gasteiger partial charge in [-0.05, 0) is 60.6 Å². The molecule has 0 fully saturated rings. The maximum absolute atomic E-state index is 4.48. The third-order valence-corrected chi connectivity index (χ3v) is 6.15. The van der Waals surface area contributed by atoms with Crippen molar-refractivity contribution in [3.8, 4) is 44.8 Å². The molecule has 0 saturated carbocycles. The molecule has 4 aromatic heterocycles. The van der Waals surface area contributed by atoms with Crippen molar-refractivity contribution in [3.05, 3.63) is 145 Å². The van der Waals surface area contributed by atoms with Gasteiger partial charge < -0.3 is 9.97 Å². The molecule has 39 heavy (non-hydrogen) atoms.